The molecule has 0 aliphatic carbocycles. The van der Waals surface area contributed by atoms with Crippen LogP contribution in [0.3, 0.4) is 0 Å². The van der Waals surface area contributed by atoms with Crippen molar-refractivity contribution in [3.05, 3.63) is 23.8 Å². The van der Waals surface area contributed by atoms with Gasteiger partial charge in [-0.1, -0.05) is 24.1 Å². The molecule has 0 aliphatic heterocycles. The highest BCUT2D eigenvalue weighted by Crippen LogP contribution is 2.18. The first kappa shape index (κ1) is 9.48. The van der Waals surface area contributed by atoms with Crippen molar-refractivity contribution in [2.75, 3.05) is 0 Å². The topological polar surface area (TPSA) is 0 Å². The molecule has 0 spiro atoms. The number of hydrogen-bond acceptors (Lipinski definition) is 0. The molecule has 0 nitrogen and oxygen atoms in total. The fourth-order valence-corrected chi connectivity index (χ4v) is 1.02. The molecule has 0 bridgehead atoms. The van der Waals surface area contributed by atoms with Gasteiger partial charge >= 0.3 is 0 Å². The summed E-state index contributed by atoms with van der Waals surface area (Å²) in [5.41, 5.74) is 2.89. The highest BCUT2D eigenvalue weighted by Gasteiger charge is 2.03. The van der Waals surface area contributed by atoms with Crippen LogP contribution in [0.5, 0.6) is 0 Å². The summed E-state index contributed by atoms with van der Waals surface area (Å²) in [4.78, 5) is 0. The lowest BCUT2D eigenvalue weighted by Crippen LogP contribution is -1.96. The van der Waals surface area contributed by atoms with Crippen LogP contribution in [0.15, 0.2) is 23.8 Å². The molecule has 58 valence electrons. The van der Waals surface area contributed by atoms with E-state index in [-0.39, 0.29) is 0 Å². The summed E-state index contributed by atoms with van der Waals surface area (Å²) in [6, 6.07) is 0. The van der Waals surface area contributed by atoms with E-state index in [1.807, 2.05) is 6.08 Å². The van der Waals surface area contributed by atoms with E-state index in [1.54, 1.807) is 0 Å². The number of allylic oxidation sites excluding steroid dienone is 3. The highest BCUT2D eigenvalue weighted by molar-refractivity contribution is 5.14. The summed E-state index contributed by atoms with van der Waals surface area (Å²) in [7, 11) is 0. The van der Waals surface area contributed by atoms with Crippen LogP contribution in [-0.4, -0.2) is 0 Å². The zero-order valence-corrected chi connectivity index (χ0v) is 7.57. The van der Waals surface area contributed by atoms with Gasteiger partial charge in [0.05, 0.1) is 0 Å². The average Bonchev–Trinajstić information content (AvgIpc) is 1.90. The summed E-state index contributed by atoms with van der Waals surface area (Å²) in [5, 5.41) is 0. The first-order valence-electron chi connectivity index (χ1n) is 3.90. The van der Waals surface area contributed by atoms with Gasteiger partial charge in [0.1, 0.15) is 0 Å². The molecule has 1 atom stereocenters. The lowest BCUT2D eigenvalue weighted by molar-refractivity contribution is 0.719. The first-order valence-corrected chi connectivity index (χ1v) is 3.90. The molecule has 0 heteroatoms. The Labute approximate surface area is 64.6 Å². The van der Waals surface area contributed by atoms with Crippen LogP contribution < -0.4 is 0 Å². The molecule has 0 amide bonds. The summed E-state index contributed by atoms with van der Waals surface area (Å²) in [6.45, 7) is 12.5. The molecular weight excluding hydrogens is 120 g/mol. The van der Waals surface area contributed by atoms with Gasteiger partial charge in [-0.25, -0.2) is 0 Å². The molecule has 0 heterocycles. The second kappa shape index (κ2) is 4.32. The predicted octanol–water partition coefficient (Wildman–Crippen LogP) is 3.55. The molecule has 10 heavy (non-hydrogen) atoms. The average molecular weight is 138 g/mol. The zero-order valence-electron chi connectivity index (χ0n) is 7.57. The molecule has 0 radical (unpaired) electrons. The van der Waals surface area contributed by atoms with E-state index < -0.39 is 0 Å². The van der Waals surface area contributed by atoms with Crippen LogP contribution in [0.25, 0.3) is 0 Å². The largest absolute Gasteiger partial charge is 0.102 e. The Bertz CT molecular complexity index is 136. The molecule has 1 unspecified atom stereocenters. The van der Waals surface area contributed by atoms with Gasteiger partial charge in [-0.05, 0) is 33.1 Å². The van der Waals surface area contributed by atoms with E-state index in [1.165, 1.54) is 17.6 Å². The molecule has 0 aromatic rings. The summed E-state index contributed by atoms with van der Waals surface area (Å²) < 4.78 is 0. The smallest absolute Gasteiger partial charge is 0.00289 e. The summed E-state index contributed by atoms with van der Waals surface area (Å²) in [5.74, 6) is 0.588. The Hall–Kier alpha value is -0.520. The minimum atomic E-state index is 0.588. The van der Waals surface area contributed by atoms with Gasteiger partial charge in [0, 0.05) is 0 Å². The summed E-state index contributed by atoms with van der Waals surface area (Å²) >= 11 is 0. The molecule has 0 fully saturated rings. The van der Waals surface area contributed by atoms with E-state index in [9.17, 15) is 0 Å². The Morgan fingerprint density at radius 2 is 1.90 bits per heavy atom. The molecule has 0 saturated carbocycles. The molecule has 0 N–H and O–H groups in total. The molecule has 0 rings (SSSR count). The van der Waals surface area contributed by atoms with Crippen molar-refractivity contribution in [3.8, 4) is 0 Å². The van der Waals surface area contributed by atoms with Crippen LogP contribution in [0, 0.1) is 5.92 Å². The minimum Gasteiger partial charge on any atom is -0.102 e. The van der Waals surface area contributed by atoms with Crippen LogP contribution in [0.2, 0.25) is 0 Å². The van der Waals surface area contributed by atoms with Crippen molar-refractivity contribution in [1.82, 2.24) is 0 Å². The Kier molecular flexibility index (Phi) is 4.10. The van der Waals surface area contributed by atoms with Gasteiger partial charge in [-0.15, -0.1) is 6.58 Å². The van der Waals surface area contributed by atoms with Gasteiger partial charge in [0.2, 0.25) is 0 Å². The van der Waals surface area contributed by atoms with Crippen molar-refractivity contribution >= 4 is 0 Å². The third-order valence-electron chi connectivity index (χ3n) is 2.07. The predicted molar refractivity (Wildman–Crippen MR) is 48.0 cm³/mol. The third kappa shape index (κ3) is 2.38. The standard InChI is InChI=1S/C10H18/c1-6-10(7-2)9(5)8(3)4/h6,10H,1,7H2,2-5H3. The van der Waals surface area contributed by atoms with Crippen LogP contribution >= 0.6 is 0 Å². The third-order valence-corrected chi connectivity index (χ3v) is 2.07. The molecule has 0 aliphatic rings. The van der Waals surface area contributed by atoms with Gasteiger partial charge in [0.15, 0.2) is 0 Å². The van der Waals surface area contributed by atoms with Crippen molar-refractivity contribution in [2.24, 2.45) is 5.92 Å². The van der Waals surface area contributed by atoms with Gasteiger partial charge in [-0.3, -0.25) is 0 Å². The van der Waals surface area contributed by atoms with E-state index in [0.717, 1.165) is 0 Å². The Morgan fingerprint density at radius 1 is 1.40 bits per heavy atom. The van der Waals surface area contributed by atoms with Crippen molar-refractivity contribution in [1.29, 1.82) is 0 Å². The van der Waals surface area contributed by atoms with E-state index in [2.05, 4.69) is 34.3 Å². The normalized spacial score (nSPS) is 12.4. The fourth-order valence-electron chi connectivity index (χ4n) is 1.02. The molecular formula is C10H18. The maximum absolute atomic E-state index is 3.80. The van der Waals surface area contributed by atoms with Gasteiger partial charge in [0.25, 0.3) is 0 Å². The Balaban J connectivity index is 4.29. The van der Waals surface area contributed by atoms with Gasteiger partial charge in [-0.2, -0.15) is 0 Å². The lowest BCUT2D eigenvalue weighted by atomic mass is 9.95. The second-order valence-corrected chi connectivity index (χ2v) is 2.93. The van der Waals surface area contributed by atoms with E-state index >= 15 is 0 Å². The van der Waals surface area contributed by atoms with Crippen LogP contribution in [0.4, 0.5) is 0 Å². The number of rotatable bonds is 3. The molecule has 0 saturated heterocycles. The zero-order chi connectivity index (χ0) is 8.15. The van der Waals surface area contributed by atoms with E-state index in [4.69, 9.17) is 0 Å². The van der Waals surface area contributed by atoms with Crippen LogP contribution in [-0.2, 0) is 0 Å². The van der Waals surface area contributed by atoms with Crippen molar-refractivity contribution in [3.63, 3.8) is 0 Å². The van der Waals surface area contributed by atoms with Crippen molar-refractivity contribution in [2.45, 2.75) is 34.1 Å². The number of hydrogen-bond donors (Lipinski definition) is 0. The highest BCUT2D eigenvalue weighted by atomic mass is 14.1. The SMILES string of the molecule is C=CC(CC)C(C)=C(C)C. The quantitative estimate of drug-likeness (QED) is 0.523. The fraction of sp³-hybridized carbons (Fsp3) is 0.600. The second-order valence-electron chi connectivity index (χ2n) is 2.93. The van der Waals surface area contributed by atoms with E-state index in [0.29, 0.717) is 5.92 Å². The Morgan fingerprint density at radius 3 is 2.00 bits per heavy atom. The van der Waals surface area contributed by atoms with Gasteiger partial charge < -0.3 is 0 Å². The maximum Gasteiger partial charge on any atom is -0.00289 e. The molecule has 0 aromatic carbocycles. The van der Waals surface area contributed by atoms with Crippen LogP contribution in [0.1, 0.15) is 34.1 Å². The monoisotopic (exact) mass is 138 g/mol. The first-order chi connectivity index (χ1) is 4.63. The van der Waals surface area contributed by atoms with Crippen molar-refractivity contribution < 1.29 is 0 Å². The maximum atomic E-state index is 3.80. The molecule has 0 aromatic heterocycles. The minimum absolute atomic E-state index is 0.588. The lowest BCUT2D eigenvalue weighted by Gasteiger charge is -2.11. The summed E-state index contributed by atoms with van der Waals surface area (Å²) in [6.07, 6.45) is 3.20.